The first-order valence-corrected chi connectivity index (χ1v) is 4.21. The molecule has 12 heavy (non-hydrogen) atoms. The summed E-state index contributed by atoms with van der Waals surface area (Å²) in [5.41, 5.74) is 0. The van der Waals surface area contributed by atoms with E-state index < -0.39 is 0 Å². The zero-order valence-corrected chi connectivity index (χ0v) is 8.20. The number of hydrogen-bond donors (Lipinski definition) is 0. The van der Waals surface area contributed by atoms with Crippen molar-refractivity contribution in [1.29, 1.82) is 0 Å². The molecule has 3 heteroatoms. The van der Waals surface area contributed by atoms with E-state index in [0.29, 0.717) is 6.61 Å². The van der Waals surface area contributed by atoms with Gasteiger partial charge >= 0.3 is 6.09 Å². The van der Waals surface area contributed by atoms with Gasteiger partial charge in [0.15, 0.2) is 0 Å². The molecule has 0 spiro atoms. The fourth-order valence-electron chi connectivity index (χ4n) is 0.802. The van der Waals surface area contributed by atoms with Gasteiger partial charge in [0.05, 0.1) is 6.61 Å². The van der Waals surface area contributed by atoms with E-state index in [9.17, 15) is 4.79 Å². The van der Waals surface area contributed by atoms with Crippen molar-refractivity contribution in [2.24, 2.45) is 0 Å². The molecule has 0 aliphatic carbocycles. The quantitative estimate of drug-likeness (QED) is 0.652. The minimum absolute atomic E-state index is 0.139. The third kappa shape index (κ3) is 3.42. The minimum atomic E-state index is -0.286. The van der Waals surface area contributed by atoms with Crippen molar-refractivity contribution in [1.82, 2.24) is 4.90 Å². The zero-order valence-electron chi connectivity index (χ0n) is 8.20. The third-order valence-corrected chi connectivity index (χ3v) is 1.34. The van der Waals surface area contributed by atoms with Crippen LogP contribution in [-0.4, -0.2) is 23.6 Å². The summed E-state index contributed by atoms with van der Waals surface area (Å²) in [6.07, 6.45) is 3.25. The number of nitrogens with zero attached hydrogens (tertiary/aromatic N) is 1. The van der Waals surface area contributed by atoms with Gasteiger partial charge in [0.25, 0.3) is 0 Å². The molecular weight excluding hydrogens is 154 g/mol. The molecule has 0 rings (SSSR count). The molecule has 0 saturated carbocycles. The number of allylic oxidation sites excluding steroid dienone is 1. The van der Waals surface area contributed by atoms with Crippen LogP contribution in [0.15, 0.2) is 12.3 Å². The van der Waals surface area contributed by atoms with E-state index in [1.165, 1.54) is 0 Å². The van der Waals surface area contributed by atoms with E-state index >= 15 is 0 Å². The highest BCUT2D eigenvalue weighted by atomic mass is 16.6. The summed E-state index contributed by atoms with van der Waals surface area (Å²) >= 11 is 0. The average Bonchev–Trinajstić information content (AvgIpc) is 1.99. The van der Waals surface area contributed by atoms with E-state index in [-0.39, 0.29) is 12.1 Å². The molecule has 0 aromatic rings. The summed E-state index contributed by atoms with van der Waals surface area (Å²) in [4.78, 5) is 12.8. The lowest BCUT2D eigenvalue weighted by Gasteiger charge is -2.21. The lowest BCUT2D eigenvalue weighted by atomic mass is 10.3. The number of amides is 1. The van der Waals surface area contributed by atoms with Gasteiger partial charge in [-0.25, -0.2) is 4.79 Å². The topological polar surface area (TPSA) is 29.5 Å². The molecule has 0 aromatic carbocycles. The maximum absolute atomic E-state index is 11.2. The van der Waals surface area contributed by atoms with Crippen molar-refractivity contribution >= 4 is 6.09 Å². The van der Waals surface area contributed by atoms with Crippen LogP contribution in [-0.2, 0) is 4.74 Å². The molecule has 0 aliphatic rings. The Balaban J connectivity index is 4.19. The normalized spacial score (nSPS) is 10.8. The Morgan fingerprint density at radius 3 is 2.50 bits per heavy atom. The highest BCUT2D eigenvalue weighted by Gasteiger charge is 2.13. The van der Waals surface area contributed by atoms with Gasteiger partial charge in [-0.2, -0.15) is 0 Å². The Bertz CT molecular complexity index is 164. The minimum Gasteiger partial charge on any atom is -0.449 e. The summed E-state index contributed by atoms with van der Waals surface area (Å²) in [6.45, 7) is 7.97. The molecule has 70 valence electrons. The van der Waals surface area contributed by atoms with E-state index in [1.807, 2.05) is 26.8 Å². The molecule has 0 aliphatic heterocycles. The molecule has 1 amide bonds. The summed E-state index contributed by atoms with van der Waals surface area (Å²) < 4.78 is 4.85. The molecule has 0 heterocycles. The van der Waals surface area contributed by atoms with Crippen molar-refractivity contribution in [2.45, 2.75) is 33.7 Å². The zero-order chi connectivity index (χ0) is 9.56. The van der Waals surface area contributed by atoms with Crippen LogP contribution >= 0.6 is 0 Å². The predicted molar refractivity (Wildman–Crippen MR) is 48.8 cm³/mol. The first-order valence-electron chi connectivity index (χ1n) is 4.21. The van der Waals surface area contributed by atoms with Crippen LogP contribution in [0.5, 0.6) is 0 Å². The van der Waals surface area contributed by atoms with Crippen LogP contribution < -0.4 is 0 Å². The van der Waals surface area contributed by atoms with Gasteiger partial charge in [-0.15, -0.1) is 0 Å². The molecule has 0 aromatic heterocycles. The average molecular weight is 171 g/mol. The number of hydrogen-bond acceptors (Lipinski definition) is 2. The van der Waals surface area contributed by atoms with Crippen LogP contribution in [0.25, 0.3) is 0 Å². The molecular formula is C9H17NO2. The Labute approximate surface area is 74.0 Å². The second kappa shape index (κ2) is 5.63. The highest BCUT2D eigenvalue weighted by molar-refractivity contribution is 5.69. The van der Waals surface area contributed by atoms with Crippen LogP contribution in [0, 0.1) is 0 Å². The van der Waals surface area contributed by atoms with Crippen LogP contribution in [0.3, 0.4) is 0 Å². The summed E-state index contributed by atoms with van der Waals surface area (Å²) in [5.74, 6) is 0. The van der Waals surface area contributed by atoms with Gasteiger partial charge in [-0.05, 0) is 27.7 Å². The number of rotatable bonds is 3. The first kappa shape index (κ1) is 11.0. The summed E-state index contributed by atoms with van der Waals surface area (Å²) in [5, 5.41) is 0. The second-order valence-electron chi connectivity index (χ2n) is 2.68. The fourth-order valence-corrected chi connectivity index (χ4v) is 0.802. The van der Waals surface area contributed by atoms with Gasteiger partial charge in [0, 0.05) is 12.2 Å². The Morgan fingerprint density at radius 1 is 1.58 bits per heavy atom. The van der Waals surface area contributed by atoms with Crippen molar-refractivity contribution < 1.29 is 9.53 Å². The third-order valence-electron chi connectivity index (χ3n) is 1.34. The molecule has 0 bridgehead atoms. The maximum Gasteiger partial charge on any atom is 0.414 e. The van der Waals surface area contributed by atoms with Crippen LogP contribution in [0.2, 0.25) is 0 Å². The largest absolute Gasteiger partial charge is 0.449 e. The van der Waals surface area contributed by atoms with Crippen molar-refractivity contribution in [3.8, 4) is 0 Å². The van der Waals surface area contributed by atoms with Crippen molar-refractivity contribution in [2.75, 3.05) is 6.61 Å². The van der Waals surface area contributed by atoms with Gasteiger partial charge in [0.2, 0.25) is 0 Å². The monoisotopic (exact) mass is 171 g/mol. The van der Waals surface area contributed by atoms with E-state index in [0.717, 1.165) is 0 Å². The Kier molecular flexibility index (Phi) is 5.17. The molecule has 0 saturated heterocycles. The molecule has 0 atom stereocenters. The second-order valence-corrected chi connectivity index (χ2v) is 2.68. The smallest absolute Gasteiger partial charge is 0.414 e. The SMILES string of the molecule is CC=CN(C(=O)OCC)C(C)C. The standard InChI is InChI=1S/C9H17NO2/c1-5-7-10(8(3)4)9(11)12-6-2/h5,7-8H,6H2,1-4H3. The van der Waals surface area contributed by atoms with Crippen molar-refractivity contribution in [3.05, 3.63) is 12.3 Å². The molecule has 0 N–H and O–H groups in total. The van der Waals surface area contributed by atoms with Gasteiger partial charge in [0.1, 0.15) is 0 Å². The van der Waals surface area contributed by atoms with Crippen molar-refractivity contribution in [3.63, 3.8) is 0 Å². The number of ether oxygens (including phenoxy) is 1. The van der Waals surface area contributed by atoms with Crippen LogP contribution in [0.1, 0.15) is 27.7 Å². The van der Waals surface area contributed by atoms with E-state index in [2.05, 4.69) is 0 Å². The summed E-state index contributed by atoms with van der Waals surface area (Å²) in [6, 6.07) is 0.139. The summed E-state index contributed by atoms with van der Waals surface area (Å²) in [7, 11) is 0. The maximum atomic E-state index is 11.2. The lowest BCUT2D eigenvalue weighted by molar-refractivity contribution is 0.114. The number of carbonyl (C=O) groups excluding carboxylic acids is 1. The predicted octanol–water partition coefficient (Wildman–Crippen LogP) is 2.39. The molecule has 0 fully saturated rings. The van der Waals surface area contributed by atoms with E-state index in [4.69, 9.17) is 4.74 Å². The first-order chi connectivity index (χ1) is 5.63. The van der Waals surface area contributed by atoms with Gasteiger partial charge in [-0.1, -0.05) is 6.08 Å². The molecule has 0 unspecified atom stereocenters. The van der Waals surface area contributed by atoms with E-state index in [1.54, 1.807) is 18.0 Å². The fraction of sp³-hybridized carbons (Fsp3) is 0.667. The van der Waals surface area contributed by atoms with Gasteiger partial charge in [-0.3, -0.25) is 4.90 Å². The van der Waals surface area contributed by atoms with Gasteiger partial charge < -0.3 is 4.74 Å². The highest BCUT2D eigenvalue weighted by Crippen LogP contribution is 2.02. The lowest BCUT2D eigenvalue weighted by Crippen LogP contribution is -2.32. The Hall–Kier alpha value is -0.990. The molecule has 3 nitrogen and oxygen atoms in total. The Morgan fingerprint density at radius 2 is 2.17 bits per heavy atom. The van der Waals surface area contributed by atoms with Crippen LogP contribution in [0.4, 0.5) is 4.79 Å². The molecule has 0 radical (unpaired) electrons. The number of carbonyl (C=O) groups is 1.